The molecule has 6 heteroatoms. The molecule has 0 aliphatic rings. The molecule has 0 unspecified atom stereocenters. The monoisotopic (exact) mass is 589 g/mol. The van der Waals surface area contributed by atoms with E-state index in [1.807, 2.05) is 97.1 Å². The van der Waals surface area contributed by atoms with Gasteiger partial charge in [0.2, 0.25) is 5.95 Å². The lowest BCUT2D eigenvalue weighted by Gasteiger charge is -2.11. The third-order valence-electron chi connectivity index (χ3n) is 8.48. The molecule has 0 saturated heterocycles. The highest BCUT2D eigenvalue weighted by Crippen LogP contribution is 2.40. The Kier molecular flexibility index (Phi) is 5.77. The van der Waals surface area contributed by atoms with Gasteiger partial charge in [-0.2, -0.15) is 15.2 Å². The Hall–Kier alpha value is -6.58. The molecule has 0 amide bonds. The number of aromatic nitrogens is 4. The van der Waals surface area contributed by atoms with Gasteiger partial charge in [0, 0.05) is 32.7 Å². The Morgan fingerprint density at radius 2 is 1.17 bits per heavy atom. The van der Waals surface area contributed by atoms with Crippen molar-refractivity contribution in [2.45, 2.75) is 0 Å². The first-order chi connectivity index (χ1) is 22.7. The van der Waals surface area contributed by atoms with Gasteiger partial charge in [-0.3, -0.25) is 4.57 Å². The Balaban J connectivity index is 1.34. The Bertz CT molecular complexity index is 2660. The maximum atomic E-state index is 9.47. The number of nitrogens with zero attached hydrogens (tertiary/aromatic N) is 5. The molecule has 6 aromatic carbocycles. The number of benzene rings is 6. The molecule has 0 N–H and O–H groups in total. The van der Waals surface area contributed by atoms with E-state index in [-0.39, 0.29) is 0 Å². The van der Waals surface area contributed by atoms with E-state index in [9.17, 15) is 5.26 Å². The van der Waals surface area contributed by atoms with Crippen molar-refractivity contribution >= 4 is 43.7 Å². The number of nitriles is 1. The topological polar surface area (TPSA) is 80.5 Å². The van der Waals surface area contributed by atoms with Crippen LogP contribution in [-0.2, 0) is 0 Å². The van der Waals surface area contributed by atoms with Gasteiger partial charge in [-0.25, -0.2) is 4.98 Å². The van der Waals surface area contributed by atoms with Crippen LogP contribution in [0.25, 0.3) is 83.6 Å². The highest BCUT2D eigenvalue weighted by molar-refractivity contribution is 6.21. The van der Waals surface area contributed by atoms with Crippen LogP contribution >= 0.6 is 0 Å². The number of para-hydroxylation sites is 2. The van der Waals surface area contributed by atoms with E-state index in [0.29, 0.717) is 23.2 Å². The minimum absolute atomic E-state index is 0.500. The van der Waals surface area contributed by atoms with Crippen LogP contribution in [-0.4, -0.2) is 19.5 Å². The van der Waals surface area contributed by atoms with E-state index in [2.05, 4.69) is 53.1 Å². The number of rotatable bonds is 4. The lowest BCUT2D eigenvalue weighted by atomic mass is 10.0. The van der Waals surface area contributed by atoms with E-state index in [4.69, 9.17) is 19.4 Å². The summed E-state index contributed by atoms with van der Waals surface area (Å²) in [5.74, 6) is 1.62. The second-order valence-electron chi connectivity index (χ2n) is 11.2. The van der Waals surface area contributed by atoms with E-state index in [1.54, 1.807) is 0 Å². The van der Waals surface area contributed by atoms with Crippen molar-refractivity contribution < 1.29 is 4.42 Å². The quantitative estimate of drug-likeness (QED) is 0.204. The SMILES string of the molecule is N#Cc1cccc(-c2cccc(-c3nc(-c4ccccc4)nc(-n4c5ccccc5c5ccc6c7ccccc7oc6c54)n3)c2)c1. The van der Waals surface area contributed by atoms with Crippen LogP contribution in [0.1, 0.15) is 5.56 Å². The first kappa shape index (κ1) is 25.9. The molecule has 46 heavy (non-hydrogen) atoms. The number of fused-ring (bicyclic) bond motifs is 7. The van der Waals surface area contributed by atoms with Crippen LogP contribution in [0.4, 0.5) is 0 Å². The van der Waals surface area contributed by atoms with E-state index in [0.717, 1.165) is 66.0 Å². The Morgan fingerprint density at radius 3 is 2.02 bits per heavy atom. The molecule has 0 fully saturated rings. The molecule has 9 rings (SSSR count). The molecule has 214 valence electrons. The summed E-state index contributed by atoms with van der Waals surface area (Å²) in [4.78, 5) is 15.2. The molecule has 3 heterocycles. The van der Waals surface area contributed by atoms with Crippen molar-refractivity contribution in [2.24, 2.45) is 0 Å². The third kappa shape index (κ3) is 4.07. The van der Waals surface area contributed by atoms with Crippen molar-refractivity contribution in [3.05, 3.63) is 145 Å². The fourth-order valence-corrected chi connectivity index (χ4v) is 6.35. The van der Waals surface area contributed by atoms with Gasteiger partial charge >= 0.3 is 0 Å². The fraction of sp³-hybridized carbons (Fsp3) is 0. The summed E-state index contributed by atoms with van der Waals surface area (Å²) in [6.45, 7) is 0. The highest BCUT2D eigenvalue weighted by Gasteiger charge is 2.22. The largest absolute Gasteiger partial charge is 0.454 e. The maximum Gasteiger partial charge on any atom is 0.238 e. The van der Waals surface area contributed by atoms with Crippen LogP contribution < -0.4 is 0 Å². The molecule has 6 nitrogen and oxygen atoms in total. The standard InChI is InChI=1S/C40H23N5O/c41-24-25-10-8-13-27(22-25)28-14-9-15-29(23-28)39-42-38(26-11-2-1-3-12-26)43-40(44-39)45-34-18-6-4-16-30(34)32-20-21-33-31-17-5-7-19-35(31)46-37(33)36(32)45/h1-23H. The zero-order valence-electron chi connectivity index (χ0n) is 24.4. The minimum atomic E-state index is 0.500. The van der Waals surface area contributed by atoms with Crippen molar-refractivity contribution in [3.8, 4) is 45.9 Å². The second kappa shape index (κ2) is 10.3. The molecule has 9 aromatic rings. The molecule has 0 bridgehead atoms. The molecule has 0 aliphatic heterocycles. The summed E-state index contributed by atoms with van der Waals surface area (Å²) in [6.07, 6.45) is 0. The second-order valence-corrected chi connectivity index (χ2v) is 11.2. The number of hydrogen-bond donors (Lipinski definition) is 0. The van der Waals surface area contributed by atoms with Crippen LogP contribution in [0.15, 0.2) is 144 Å². The zero-order valence-corrected chi connectivity index (χ0v) is 24.4. The van der Waals surface area contributed by atoms with Crippen LogP contribution in [0.2, 0.25) is 0 Å². The molecular formula is C40H23N5O. The molecule has 0 aliphatic carbocycles. The smallest absolute Gasteiger partial charge is 0.238 e. The van der Waals surface area contributed by atoms with Gasteiger partial charge in [0.25, 0.3) is 0 Å². The zero-order chi connectivity index (χ0) is 30.6. The van der Waals surface area contributed by atoms with Gasteiger partial charge in [-0.1, -0.05) is 103 Å². The van der Waals surface area contributed by atoms with E-state index in [1.165, 1.54) is 0 Å². The lowest BCUT2D eigenvalue weighted by molar-refractivity contribution is 0.670. The van der Waals surface area contributed by atoms with Crippen LogP contribution in [0.3, 0.4) is 0 Å². The molecule has 0 saturated carbocycles. The third-order valence-corrected chi connectivity index (χ3v) is 8.48. The summed E-state index contributed by atoms with van der Waals surface area (Å²) >= 11 is 0. The first-order valence-corrected chi connectivity index (χ1v) is 15.0. The summed E-state index contributed by atoms with van der Waals surface area (Å²) in [5, 5.41) is 13.7. The first-order valence-electron chi connectivity index (χ1n) is 15.0. The Morgan fingerprint density at radius 1 is 0.522 bits per heavy atom. The molecule has 0 atom stereocenters. The van der Waals surface area contributed by atoms with Crippen molar-refractivity contribution in [2.75, 3.05) is 0 Å². The maximum absolute atomic E-state index is 9.47. The van der Waals surface area contributed by atoms with Crippen molar-refractivity contribution in [1.29, 1.82) is 5.26 Å². The van der Waals surface area contributed by atoms with Crippen molar-refractivity contribution in [1.82, 2.24) is 19.5 Å². The normalized spacial score (nSPS) is 11.5. The summed E-state index contributed by atoms with van der Waals surface area (Å²) in [7, 11) is 0. The van der Waals surface area contributed by atoms with Gasteiger partial charge in [0.15, 0.2) is 17.2 Å². The van der Waals surface area contributed by atoms with Gasteiger partial charge in [0.1, 0.15) is 11.1 Å². The average Bonchev–Trinajstić information content (AvgIpc) is 3.68. The Labute approximate surface area is 263 Å². The van der Waals surface area contributed by atoms with Crippen LogP contribution in [0.5, 0.6) is 0 Å². The molecule has 0 radical (unpaired) electrons. The highest BCUT2D eigenvalue weighted by atomic mass is 16.3. The molecule has 0 spiro atoms. The summed E-state index contributed by atoms with van der Waals surface area (Å²) in [6, 6.07) is 48.6. The average molecular weight is 590 g/mol. The molecule has 3 aromatic heterocycles. The van der Waals surface area contributed by atoms with Crippen LogP contribution in [0, 0.1) is 11.3 Å². The van der Waals surface area contributed by atoms with Gasteiger partial charge < -0.3 is 4.42 Å². The summed E-state index contributed by atoms with van der Waals surface area (Å²) in [5.41, 5.74) is 7.77. The van der Waals surface area contributed by atoms with Gasteiger partial charge in [-0.05, 0) is 47.5 Å². The lowest BCUT2D eigenvalue weighted by Crippen LogP contribution is -2.06. The van der Waals surface area contributed by atoms with E-state index < -0.39 is 0 Å². The minimum Gasteiger partial charge on any atom is -0.454 e. The number of hydrogen-bond acceptors (Lipinski definition) is 5. The predicted molar refractivity (Wildman–Crippen MR) is 182 cm³/mol. The predicted octanol–water partition coefficient (Wildman–Crippen LogP) is 9.74. The van der Waals surface area contributed by atoms with Gasteiger partial charge in [0.05, 0.1) is 17.1 Å². The van der Waals surface area contributed by atoms with E-state index >= 15 is 0 Å². The summed E-state index contributed by atoms with van der Waals surface area (Å²) < 4.78 is 8.66. The van der Waals surface area contributed by atoms with Crippen molar-refractivity contribution in [3.63, 3.8) is 0 Å². The fourth-order valence-electron chi connectivity index (χ4n) is 6.35. The number of furan rings is 1. The molecular weight excluding hydrogens is 566 g/mol. The van der Waals surface area contributed by atoms with Gasteiger partial charge in [-0.15, -0.1) is 0 Å².